The van der Waals surface area contributed by atoms with Crippen molar-refractivity contribution in [2.45, 2.75) is 0 Å². The van der Waals surface area contributed by atoms with Crippen LogP contribution in [0.15, 0.2) is 35.4 Å². The maximum atomic E-state index is 11.0. The summed E-state index contributed by atoms with van der Waals surface area (Å²) < 4.78 is 5.33. The lowest BCUT2D eigenvalue weighted by Gasteiger charge is -2.06. The van der Waals surface area contributed by atoms with Crippen LogP contribution >= 0.6 is 11.6 Å². The molecule has 5 nitrogen and oxygen atoms in total. The summed E-state index contributed by atoms with van der Waals surface area (Å²) in [4.78, 5) is 17.2. The molecule has 0 unspecified atom stereocenters. The fraction of sp³-hybridized carbons (Fsp3) is 0. The number of hydrogen-bond acceptors (Lipinski definition) is 4. The zero-order valence-corrected chi connectivity index (χ0v) is 8.86. The van der Waals surface area contributed by atoms with Crippen LogP contribution in [0, 0.1) is 0 Å². The van der Waals surface area contributed by atoms with Gasteiger partial charge in [0.25, 0.3) is 5.56 Å². The second-order valence-electron chi connectivity index (χ2n) is 3.04. The van der Waals surface area contributed by atoms with Gasteiger partial charge in [-0.05, 0) is 18.2 Å². The van der Waals surface area contributed by atoms with Crippen molar-refractivity contribution in [2.24, 2.45) is 0 Å². The second-order valence-corrected chi connectivity index (χ2v) is 3.45. The fourth-order valence-corrected chi connectivity index (χ4v) is 1.35. The Balaban J connectivity index is 2.30. The van der Waals surface area contributed by atoms with E-state index in [4.69, 9.17) is 22.1 Å². The Labute approximate surface area is 95.8 Å². The normalized spacial score (nSPS) is 10.1. The third-order valence-corrected chi connectivity index (χ3v) is 2.12. The number of nitrogens with zero attached hydrogens (tertiary/aromatic N) is 1. The molecule has 0 atom stereocenters. The molecule has 0 aliphatic rings. The molecular formula is C10H8ClN3O2. The van der Waals surface area contributed by atoms with Crippen LogP contribution in [0.5, 0.6) is 11.6 Å². The predicted molar refractivity (Wildman–Crippen MR) is 60.8 cm³/mol. The van der Waals surface area contributed by atoms with E-state index in [9.17, 15) is 4.79 Å². The van der Waals surface area contributed by atoms with Crippen LogP contribution in [-0.4, -0.2) is 9.97 Å². The van der Waals surface area contributed by atoms with Gasteiger partial charge < -0.3 is 15.5 Å². The quantitative estimate of drug-likeness (QED) is 0.781. The molecule has 2 aromatic rings. The van der Waals surface area contributed by atoms with Gasteiger partial charge >= 0.3 is 0 Å². The Morgan fingerprint density at radius 1 is 1.38 bits per heavy atom. The highest BCUT2D eigenvalue weighted by Crippen LogP contribution is 2.29. The molecule has 1 aromatic heterocycles. The summed E-state index contributed by atoms with van der Waals surface area (Å²) in [6, 6.07) is 6.05. The number of nitrogens with two attached hydrogens (primary N) is 1. The van der Waals surface area contributed by atoms with Gasteiger partial charge in [-0.15, -0.1) is 0 Å². The Kier molecular flexibility index (Phi) is 2.78. The molecule has 0 saturated carbocycles. The highest BCUT2D eigenvalue weighted by molar-refractivity contribution is 6.32. The van der Waals surface area contributed by atoms with Gasteiger partial charge in [-0.2, -0.15) is 0 Å². The molecule has 2 rings (SSSR count). The van der Waals surface area contributed by atoms with E-state index < -0.39 is 0 Å². The SMILES string of the molecule is Nc1ccc(Oc2cc(=O)[nH]cn2)c(Cl)c1. The summed E-state index contributed by atoms with van der Waals surface area (Å²) in [6.07, 6.45) is 1.25. The van der Waals surface area contributed by atoms with Crippen LogP contribution in [0.4, 0.5) is 5.69 Å². The van der Waals surface area contributed by atoms with Crippen molar-refractivity contribution < 1.29 is 4.74 Å². The van der Waals surface area contributed by atoms with Crippen molar-refractivity contribution in [2.75, 3.05) is 5.73 Å². The number of hydrogen-bond donors (Lipinski definition) is 2. The first-order chi connectivity index (χ1) is 7.65. The van der Waals surface area contributed by atoms with Crippen LogP contribution in [0.2, 0.25) is 5.02 Å². The number of rotatable bonds is 2. The molecule has 0 aliphatic carbocycles. The van der Waals surface area contributed by atoms with E-state index >= 15 is 0 Å². The van der Waals surface area contributed by atoms with E-state index in [1.165, 1.54) is 12.4 Å². The van der Waals surface area contributed by atoms with Crippen LogP contribution in [-0.2, 0) is 0 Å². The summed E-state index contributed by atoms with van der Waals surface area (Å²) in [5.74, 6) is 0.574. The van der Waals surface area contributed by atoms with E-state index in [0.29, 0.717) is 16.5 Å². The third-order valence-electron chi connectivity index (χ3n) is 1.82. The van der Waals surface area contributed by atoms with Gasteiger partial charge in [-0.1, -0.05) is 11.6 Å². The zero-order valence-electron chi connectivity index (χ0n) is 8.11. The van der Waals surface area contributed by atoms with Crippen LogP contribution in [0.25, 0.3) is 0 Å². The molecular weight excluding hydrogens is 230 g/mol. The van der Waals surface area contributed by atoms with Gasteiger partial charge in [0.05, 0.1) is 17.4 Å². The molecule has 0 amide bonds. The van der Waals surface area contributed by atoms with Gasteiger partial charge in [0.1, 0.15) is 5.75 Å². The largest absolute Gasteiger partial charge is 0.437 e. The van der Waals surface area contributed by atoms with Crippen LogP contribution in [0.3, 0.4) is 0 Å². The first-order valence-electron chi connectivity index (χ1n) is 4.43. The maximum Gasteiger partial charge on any atom is 0.254 e. The molecule has 0 saturated heterocycles. The summed E-state index contributed by atoms with van der Waals surface area (Å²) in [7, 11) is 0. The maximum absolute atomic E-state index is 11.0. The molecule has 3 N–H and O–H groups in total. The highest BCUT2D eigenvalue weighted by atomic mass is 35.5. The number of nitrogen functional groups attached to an aromatic ring is 1. The number of nitrogens with one attached hydrogen (secondary N) is 1. The second kappa shape index (κ2) is 4.24. The van der Waals surface area contributed by atoms with Crippen LogP contribution in [0.1, 0.15) is 0 Å². The minimum atomic E-state index is -0.295. The van der Waals surface area contributed by atoms with Gasteiger partial charge in [0.2, 0.25) is 5.88 Å². The lowest BCUT2D eigenvalue weighted by molar-refractivity contribution is 0.461. The average Bonchev–Trinajstić information content (AvgIpc) is 2.22. The Morgan fingerprint density at radius 2 is 2.19 bits per heavy atom. The van der Waals surface area contributed by atoms with E-state index in [2.05, 4.69) is 9.97 Å². The first-order valence-corrected chi connectivity index (χ1v) is 4.80. The molecule has 82 valence electrons. The molecule has 1 aromatic carbocycles. The van der Waals surface area contributed by atoms with E-state index in [1.807, 2.05) is 0 Å². The van der Waals surface area contributed by atoms with Gasteiger partial charge in [0, 0.05) is 5.69 Å². The minimum absolute atomic E-state index is 0.176. The number of anilines is 1. The molecule has 0 fully saturated rings. The number of halogens is 1. The molecule has 16 heavy (non-hydrogen) atoms. The van der Waals surface area contributed by atoms with Gasteiger partial charge in [-0.25, -0.2) is 4.98 Å². The average molecular weight is 238 g/mol. The number of H-pyrrole nitrogens is 1. The van der Waals surface area contributed by atoms with Gasteiger partial charge in [-0.3, -0.25) is 4.79 Å². The lowest BCUT2D eigenvalue weighted by Crippen LogP contribution is -2.04. The van der Waals surface area contributed by atoms with E-state index in [-0.39, 0.29) is 11.4 Å². The standard InChI is InChI=1S/C10H8ClN3O2/c11-7-3-6(12)1-2-8(7)16-10-4-9(15)13-5-14-10/h1-5H,12H2,(H,13,14,15). The Morgan fingerprint density at radius 3 is 2.88 bits per heavy atom. The number of ether oxygens (including phenoxy) is 1. The smallest absolute Gasteiger partial charge is 0.254 e. The number of aromatic nitrogens is 2. The van der Waals surface area contributed by atoms with Crippen molar-refractivity contribution in [3.05, 3.63) is 46.0 Å². The highest BCUT2D eigenvalue weighted by Gasteiger charge is 2.04. The summed E-state index contributed by atoms with van der Waals surface area (Å²) in [6.45, 7) is 0. The lowest BCUT2D eigenvalue weighted by atomic mass is 10.3. The van der Waals surface area contributed by atoms with Crippen molar-refractivity contribution in [1.29, 1.82) is 0 Å². The molecule has 0 bridgehead atoms. The molecule has 0 radical (unpaired) electrons. The van der Waals surface area contributed by atoms with Crippen molar-refractivity contribution in [3.63, 3.8) is 0 Å². The molecule has 0 aliphatic heterocycles. The van der Waals surface area contributed by atoms with Crippen molar-refractivity contribution in [1.82, 2.24) is 9.97 Å². The summed E-state index contributed by atoms with van der Waals surface area (Å²) in [5.41, 5.74) is 5.78. The number of benzene rings is 1. The van der Waals surface area contributed by atoms with E-state index in [0.717, 1.165) is 0 Å². The topological polar surface area (TPSA) is 81.0 Å². The number of aromatic amines is 1. The summed E-state index contributed by atoms with van der Waals surface area (Å²) >= 11 is 5.90. The minimum Gasteiger partial charge on any atom is -0.437 e. The van der Waals surface area contributed by atoms with Crippen molar-refractivity contribution >= 4 is 17.3 Å². The zero-order chi connectivity index (χ0) is 11.5. The molecule has 1 heterocycles. The van der Waals surface area contributed by atoms with Gasteiger partial charge in [0.15, 0.2) is 0 Å². The monoisotopic (exact) mass is 237 g/mol. The fourth-order valence-electron chi connectivity index (χ4n) is 1.12. The molecule has 6 heteroatoms. The van der Waals surface area contributed by atoms with Crippen molar-refractivity contribution in [3.8, 4) is 11.6 Å². The first kappa shape index (κ1) is 10.5. The van der Waals surface area contributed by atoms with Crippen LogP contribution < -0.4 is 16.0 Å². The molecule has 0 spiro atoms. The Bertz CT molecular complexity index is 568. The third kappa shape index (κ3) is 2.32. The summed E-state index contributed by atoms with van der Waals surface area (Å²) in [5, 5.41) is 0.363. The van der Waals surface area contributed by atoms with E-state index in [1.54, 1.807) is 18.2 Å². The predicted octanol–water partition coefficient (Wildman–Crippen LogP) is 1.80. The Hall–Kier alpha value is -2.01.